The fraction of sp³-hybridized carbons (Fsp3) is 0.0545. The summed E-state index contributed by atoms with van der Waals surface area (Å²) in [6, 6.07) is 58.2. The second-order valence-electron chi connectivity index (χ2n) is 16.2. The Bertz CT molecular complexity index is 3480. The molecule has 8 aromatic carbocycles. The Labute approximate surface area is 354 Å². The molecule has 0 N–H and O–H groups in total. The van der Waals surface area contributed by atoms with Gasteiger partial charge in [0.15, 0.2) is 0 Å². The molecular formula is C55H37F3N4. The number of halogens is 3. The first-order chi connectivity index (χ1) is 30.4. The van der Waals surface area contributed by atoms with Gasteiger partial charge in [0.05, 0.1) is 28.1 Å². The number of benzene rings is 8. The van der Waals surface area contributed by atoms with Crippen molar-refractivity contribution in [3.8, 4) is 11.4 Å². The number of nitrogens with zero attached hydrogens (tertiary/aromatic N) is 4. The van der Waals surface area contributed by atoms with E-state index in [1.807, 2.05) is 42.5 Å². The van der Waals surface area contributed by atoms with Crippen molar-refractivity contribution in [1.29, 1.82) is 0 Å². The largest absolute Gasteiger partial charge is 0.333 e. The lowest BCUT2D eigenvalue weighted by molar-refractivity contribution is 0.488. The molecule has 0 bridgehead atoms. The van der Waals surface area contributed by atoms with E-state index in [2.05, 4.69) is 141 Å². The molecule has 1 aliphatic rings. The van der Waals surface area contributed by atoms with Crippen LogP contribution in [-0.2, 0) is 0 Å². The Morgan fingerprint density at radius 2 is 0.806 bits per heavy atom. The average Bonchev–Trinajstić information content (AvgIpc) is 3.93. The normalized spacial score (nSPS) is 15.5. The van der Waals surface area contributed by atoms with Crippen LogP contribution in [-0.4, -0.2) is 13.7 Å². The summed E-state index contributed by atoms with van der Waals surface area (Å²) in [7, 11) is 0. The lowest BCUT2D eigenvalue weighted by atomic mass is 9.96. The van der Waals surface area contributed by atoms with Crippen LogP contribution in [0.15, 0.2) is 200 Å². The van der Waals surface area contributed by atoms with Gasteiger partial charge in [-0.2, -0.15) is 0 Å². The van der Waals surface area contributed by atoms with E-state index in [0.717, 1.165) is 93.9 Å². The number of hydrogen-bond donors (Lipinski definition) is 0. The Morgan fingerprint density at radius 3 is 1.29 bits per heavy atom. The first-order valence-corrected chi connectivity index (χ1v) is 20.9. The first-order valence-electron chi connectivity index (χ1n) is 20.9. The number of rotatable bonds is 6. The minimum absolute atomic E-state index is 0.0392. The Morgan fingerprint density at radius 1 is 0.419 bits per heavy atom. The van der Waals surface area contributed by atoms with Crippen molar-refractivity contribution in [2.45, 2.75) is 13.0 Å². The van der Waals surface area contributed by atoms with E-state index in [1.54, 1.807) is 12.2 Å². The maximum absolute atomic E-state index is 14.4. The van der Waals surface area contributed by atoms with Crippen molar-refractivity contribution in [3.63, 3.8) is 0 Å². The molecule has 0 aliphatic heterocycles. The third-order valence-electron chi connectivity index (χ3n) is 12.7. The van der Waals surface area contributed by atoms with Crippen LogP contribution in [0.5, 0.6) is 0 Å². The van der Waals surface area contributed by atoms with Crippen LogP contribution in [0.1, 0.15) is 13.0 Å². The van der Waals surface area contributed by atoms with Crippen LogP contribution in [0.4, 0.5) is 30.2 Å². The standard InChI is InChI=1S/C55H37F3N4/c1-34-30-37(58)18-26-49(34)62-52-13-7-4-10-45(52)48-33-42(25-29-55(48)62)59(40-23-27-53-46(31-40)43-8-2-5-11-50(43)60(53)38-19-14-35(56)15-20-38)41-24-28-54-47(32-41)44-9-3-6-12-51(44)61(54)39-21-16-36(57)17-22-39/h2-34,49H,1H3. The number of allylic oxidation sites excluding steroid dienone is 4. The van der Waals surface area contributed by atoms with E-state index < -0.39 is 0 Å². The molecule has 0 radical (unpaired) electrons. The molecular weight excluding hydrogens is 774 g/mol. The number of hydrogen-bond acceptors (Lipinski definition) is 1. The molecule has 2 unspecified atom stereocenters. The van der Waals surface area contributed by atoms with Gasteiger partial charge in [-0.25, -0.2) is 13.2 Å². The van der Waals surface area contributed by atoms with E-state index in [0.29, 0.717) is 0 Å². The third kappa shape index (κ3) is 5.54. The molecule has 62 heavy (non-hydrogen) atoms. The summed E-state index contributed by atoms with van der Waals surface area (Å²) in [5.41, 5.74) is 10.9. The van der Waals surface area contributed by atoms with Crippen molar-refractivity contribution >= 4 is 82.5 Å². The maximum atomic E-state index is 14.4. The van der Waals surface area contributed by atoms with E-state index >= 15 is 0 Å². The molecule has 0 spiro atoms. The third-order valence-corrected chi connectivity index (χ3v) is 12.7. The first kappa shape index (κ1) is 36.1. The van der Waals surface area contributed by atoms with Crippen LogP contribution >= 0.6 is 0 Å². The van der Waals surface area contributed by atoms with Gasteiger partial charge < -0.3 is 18.6 Å². The minimum Gasteiger partial charge on any atom is -0.333 e. The predicted molar refractivity (Wildman–Crippen MR) is 249 cm³/mol. The van der Waals surface area contributed by atoms with Crippen molar-refractivity contribution in [2.24, 2.45) is 5.92 Å². The van der Waals surface area contributed by atoms with Crippen molar-refractivity contribution < 1.29 is 13.2 Å². The van der Waals surface area contributed by atoms with Gasteiger partial charge in [0, 0.05) is 77.7 Å². The van der Waals surface area contributed by atoms with Crippen LogP contribution in [0.25, 0.3) is 76.8 Å². The molecule has 12 rings (SSSR count). The molecule has 4 nitrogen and oxygen atoms in total. The quantitative estimate of drug-likeness (QED) is 0.164. The van der Waals surface area contributed by atoms with E-state index in [1.165, 1.54) is 24.3 Å². The topological polar surface area (TPSA) is 18.0 Å². The summed E-state index contributed by atoms with van der Waals surface area (Å²) >= 11 is 0. The van der Waals surface area contributed by atoms with Gasteiger partial charge in [-0.05, 0) is 133 Å². The van der Waals surface area contributed by atoms with Gasteiger partial charge in [-0.3, -0.25) is 0 Å². The zero-order valence-corrected chi connectivity index (χ0v) is 33.6. The lowest BCUT2D eigenvalue weighted by Crippen LogP contribution is -2.16. The molecule has 0 saturated heterocycles. The highest BCUT2D eigenvalue weighted by atomic mass is 19.1. The fourth-order valence-electron chi connectivity index (χ4n) is 9.93. The number of fused-ring (bicyclic) bond motifs is 9. The van der Waals surface area contributed by atoms with Gasteiger partial charge in [0.25, 0.3) is 0 Å². The Balaban J connectivity index is 1.11. The highest BCUT2D eigenvalue weighted by Gasteiger charge is 2.25. The molecule has 0 saturated carbocycles. The summed E-state index contributed by atoms with van der Waals surface area (Å²) in [5, 5.41) is 6.53. The monoisotopic (exact) mass is 810 g/mol. The van der Waals surface area contributed by atoms with Gasteiger partial charge in [0.1, 0.15) is 17.5 Å². The number of anilines is 3. The molecule has 3 heterocycles. The summed E-state index contributed by atoms with van der Waals surface area (Å²) in [6.45, 7) is 2.07. The zero-order chi connectivity index (χ0) is 41.6. The molecule has 0 fully saturated rings. The highest BCUT2D eigenvalue weighted by molar-refractivity contribution is 6.14. The average molecular weight is 811 g/mol. The van der Waals surface area contributed by atoms with Crippen LogP contribution < -0.4 is 4.90 Å². The van der Waals surface area contributed by atoms with Crippen LogP contribution in [0.3, 0.4) is 0 Å². The Hall–Kier alpha value is -7.77. The fourth-order valence-corrected chi connectivity index (χ4v) is 9.93. The molecule has 0 amide bonds. The zero-order valence-electron chi connectivity index (χ0n) is 33.6. The van der Waals surface area contributed by atoms with Gasteiger partial charge in [-0.15, -0.1) is 0 Å². The smallest absolute Gasteiger partial charge is 0.123 e. The SMILES string of the molecule is CC1C=C(F)C=CC1n1c2ccccc2c2cc(N(c3ccc4c(c3)c3ccccc3n4-c3ccc(F)cc3)c3ccc4c(c3)c3ccccc3n4-c3ccc(F)cc3)ccc21. The number of para-hydroxylation sites is 3. The highest BCUT2D eigenvalue weighted by Crippen LogP contribution is 2.45. The van der Waals surface area contributed by atoms with E-state index in [4.69, 9.17) is 0 Å². The van der Waals surface area contributed by atoms with Crippen molar-refractivity contribution in [2.75, 3.05) is 4.90 Å². The van der Waals surface area contributed by atoms with Gasteiger partial charge >= 0.3 is 0 Å². The van der Waals surface area contributed by atoms with Crippen molar-refractivity contribution in [1.82, 2.24) is 13.7 Å². The minimum atomic E-state index is -0.277. The van der Waals surface area contributed by atoms with Gasteiger partial charge in [-0.1, -0.05) is 67.6 Å². The predicted octanol–water partition coefficient (Wildman–Crippen LogP) is 15.3. The second kappa shape index (κ2) is 13.9. The molecule has 7 heteroatoms. The molecule has 11 aromatic rings. The Kier molecular flexibility index (Phi) is 8.09. The summed E-state index contributed by atoms with van der Waals surface area (Å²) in [5.74, 6) is -0.799. The van der Waals surface area contributed by atoms with E-state index in [-0.39, 0.29) is 29.4 Å². The van der Waals surface area contributed by atoms with E-state index in [9.17, 15) is 13.2 Å². The maximum Gasteiger partial charge on any atom is 0.123 e. The molecule has 3 aromatic heterocycles. The number of aromatic nitrogens is 3. The van der Waals surface area contributed by atoms with Crippen LogP contribution in [0, 0.1) is 17.6 Å². The van der Waals surface area contributed by atoms with Gasteiger partial charge in [0.2, 0.25) is 0 Å². The molecule has 1 aliphatic carbocycles. The van der Waals surface area contributed by atoms with Crippen LogP contribution in [0.2, 0.25) is 0 Å². The molecule has 2 atom stereocenters. The summed E-state index contributed by atoms with van der Waals surface area (Å²) < 4.78 is 49.5. The summed E-state index contributed by atoms with van der Waals surface area (Å²) in [6.07, 6.45) is 5.25. The molecule has 298 valence electrons. The summed E-state index contributed by atoms with van der Waals surface area (Å²) in [4.78, 5) is 2.32. The lowest BCUT2D eigenvalue weighted by Gasteiger charge is -2.27. The second-order valence-corrected chi connectivity index (χ2v) is 16.2. The van der Waals surface area contributed by atoms with Crippen molar-refractivity contribution in [3.05, 3.63) is 212 Å².